The minimum atomic E-state index is -0.649. The number of benzene rings is 2. The van der Waals surface area contributed by atoms with Gasteiger partial charge in [-0.1, -0.05) is 12.6 Å². The Balaban J connectivity index is 1.76. The van der Waals surface area contributed by atoms with Gasteiger partial charge in [-0.05, 0) is 68.7 Å². The Bertz CT molecular complexity index is 1380. The second kappa shape index (κ2) is 8.02. The molecular formula is C25H27N5O4. The van der Waals surface area contributed by atoms with Crippen LogP contribution in [0.25, 0.3) is 22.0 Å². The van der Waals surface area contributed by atoms with E-state index >= 15 is 0 Å². The number of hydrogen-bond acceptors (Lipinski definition) is 6. The molecule has 4 N–H and O–H groups in total. The first-order valence-corrected chi connectivity index (χ1v) is 10.8. The van der Waals surface area contributed by atoms with Crippen LogP contribution in [0.15, 0.2) is 42.5 Å². The zero-order chi connectivity index (χ0) is 24.9. The summed E-state index contributed by atoms with van der Waals surface area (Å²) in [4.78, 5) is 38.5. The Hall–Kier alpha value is -4.14. The SMILES string of the molecule is C=C(CN1Cc2c(cc(N)cc2-c2ccc3c(c2)c(C)nn3C(=O)OC(C)(C)C)C1=O)C(N)=O. The molecule has 0 spiro atoms. The molecular weight excluding hydrogens is 434 g/mol. The lowest BCUT2D eigenvalue weighted by Gasteiger charge is -2.19. The Morgan fingerprint density at radius 2 is 1.85 bits per heavy atom. The van der Waals surface area contributed by atoms with Crippen molar-refractivity contribution in [1.82, 2.24) is 14.7 Å². The number of ether oxygens (including phenoxy) is 1. The fourth-order valence-corrected chi connectivity index (χ4v) is 4.06. The van der Waals surface area contributed by atoms with Crippen LogP contribution in [0.5, 0.6) is 0 Å². The van der Waals surface area contributed by atoms with Gasteiger partial charge in [0.15, 0.2) is 0 Å². The molecule has 1 aromatic heterocycles. The van der Waals surface area contributed by atoms with Crippen LogP contribution in [-0.2, 0) is 16.1 Å². The number of fused-ring (bicyclic) bond motifs is 2. The van der Waals surface area contributed by atoms with Gasteiger partial charge in [0.1, 0.15) is 5.60 Å². The zero-order valence-corrected chi connectivity index (χ0v) is 19.6. The minimum Gasteiger partial charge on any atom is -0.442 e. The van der Waals surface area contributed by atoms with Gasteiger partial charge in [-0.3, -0.25) is 9.59 Å². The minimum absolute atomic E-state index is 0.0446. The Morgan fingerprint density at radius 3 is 2.50 bits per heavy atom. The molecule has 0 atom stereocenters. The van der Waals surface area contributed by atoms with Crippen molar-refractivity contribution in [3.63, 3.8) is 0 Å². The summed E-state index contributed by atoms with van der Waals surface area (Å²) >= 11 is 0. The molecule has 0 fully saturated rings. The monoisotopic (exact) mass is 461 g/mol. The van der Waals surface area contributed by atoms with Crippen molar-refractivity contribution in [3.05, 3.63) is 59.3 Å². The van der Waals surface area contributed by atoms with E-state index in [2.05, 4.69) is 11.7 Å². The molecule has 176 valence electrons. The van der Waals surface area contributed by atoms with Crippen molar-refractivity contribution in [2.75, 3.05) is 12.3 Å². The first-order chi connectivity index (χ1) is 15.9. The van der Waals surface area contributed by atoms with Crippen molar-refractivity contribution >= 4 is 34.5 Å². The summed E-state index contributed by atoms with van der Waals surface area (Å²) in [7, 11) is 0. The van der Waals surface area contributed by atoms with Crippen molar-refractivity contribution in [1.29, 1.82) is 0 Å². The first kappa shape index (κ1) is 23.0. The molecule has 2 amide bonds. The van der Waals surface area contributed by atoms with Gasteiger partial charge in [0.2, 0.25) is 5.91 Å². The van der Waals surface area contributed by atoms with Crippen molar-refractivity contribution in [3.8, 4) is 11.1 Å². The maximum absolute atomic E-state index is 13.0. The molecule has 9 heteroatoms. The van der Waals surface area contributed by atoms with E-state index in [9.17, 15) is 14.4 Å². The van der Waals surface area contributed by atoms with Crippen LogP contribution in [-0.4, -0.2) is 44.7 Å². The summed E-state index contributed by atoms with van der Waals surface area (Å²) < 4.78 is 6.72. The number of rotatable bonds is 4. The topological polar surface area (TPSA) is 134 Å². The molecule has 0 unspecified atom stereocenters. The third-order valence-electron chi connectivity index (χ3n) is 5.61. The number of carbonyl (C=O) groups is 3. The predicted molar refractivity (Wildman–Crippen MR) is 129 cm³/mol. The quantitative estimate of drug-likeness (QED) is 0.452. The third kappa shape index (κ3) is 4.12. The second-order valence-electron chi connectivity index (χ2n) is 9.43. The van der Waals surface area contributed by atoms with Gasteiger partial charge in [0.25, 0.3) is 5.91 Å². The van der Waals surface area contributed by atoms with Gasteiger partial charge in [-0.2, -0.15) is 9.78 Å². The van der Waals surface area contributed by atoms with E-state index in [1.165, 1.54) is 9.58 Å². The van der Waals surface area contributed by atoms with Crippen LogP contribution >= 0.6 is 0 Å². The molecule has 34 heavy (non-hydrogen) atoms. The number of nitrogens with two attached hydrogens (primary N) is 2. The molecule has 0 saturated carbocycles. The highest BCUT2D eigenvalue weighted by Crippen LogP contribution is 2.36. The number of hydrogen-bond donors (Lipinski definition) is 2. The van der Waals surface area contributed by atoms with Crippen molar-refractivity contribution < 1.29 is 19.1 Å². The summed E-state index contributed by atoms with van der Waals surface area (Å²) in [5, 5.41) is 5.15. The van der Waals surface area contributed by atoms with E-state index in [0.29, 0.717) is 29.0 Å². The number of amides is 2. The fraction of sp³-hybridized carbons (Fsp3) is 0.280. The van der Waals surface area contributed by atoms with Gasteiger partial charge in [-0.25, -0.2) is 4.79 Å². The van der Waals surface area contributed by atoms with Crippen LogP contribution < -0.4 is 11.5 Å². The summed E-state index contributed by atoms with van der Waals surface area (Å²) in [6, 6.07) is 9.03. The molecule has 0 bridgehead atoms. The lowest BCUT2D eigenvalue weighted by molar-refractivity contribution is -0.114. The van der Waals surface area contributed by atoms with Gasteiger partial charge in [-0.15, -0.1) is 0 Å². The second-order valence-corrected chi connectivity index (χ2v) is 9.43. The van der Waals surface area contributed by atoms with Crippen LogP contribution in [0, 0.1) is 6.92 Å². The highest BCUT2D eigenvalue weighted by molar-refractivity contribution is 6.03. The highest BCUT2D eigenvalue weighted by Gasteiger charge is 2.31. The maximum atomic E-state index is 13.0. The number of aromatic nitrogens is 2. The first-order valence-electron chi connectivity index (χ1n) is 10.8. The van der Waals surface area contributed by atoms with E-state index in [1.807, 2.05) is 25.1 Å². The van der Waals surface area contributed by atoms with Crippen LogP contribution in [0.4, 0.5) is 10.5 Å². The van der Waals surface area contributed by atoms with Gasteiger partial charge >= 0.3 is 6.09 Å². The number of nitrogen functional groups attached to an aromatic ring is 1. The van der Waals surface area contributed by atoms with E-state index < -0.39 is 17.6 Å². The van der Waals surface area contributed by atoms with Crippen LogP contribution in [0.1, 0.15) is 42.4 Å². The summed E-state index contributed by atoms with van der Waals surface area (Å²) in [6.45, 7) is 11.2. The summed E-state index contributed by atoms with van der Waals surface area (Å²) in [5.74, 6) is -0.882. The molecule has 9 nitrogen and oxygen atoms in total. The van der Waals surface area contributed by atoms with Gasteiger partial charge in [0.05, 0.1) is 17.8 Å². The van der Waals surface area contributed by atoms with E-state index in [1.54, 1.807) is 32.9 Å². The van der Waals surface area contributed by atoms with E-state index in [0.717, 1.165) is 22.1 Å². The lowest BCUT2D eigenvalue weighted by atomic mass is 9.95. The number of anilines is 1. The van der Waals surface area contributed by atoms with Crippen molar-refractivity contribution in [2.24, 2.45) is 5.73 Å². The van der Waals surface area contributed by atoms with Gasteiger partial charge < -0.3 is 21.1 Å². The third-order valence-corrected chi connectivity index (χ3v) is 5.61. The maximum Gasteiger partial charge on any atom is 0.435 e. The smallest absolute Gasteiger partial charge is 0.435 e. The van der Waals surface area contributed by atoms with E-state index in [4.69, 9.17) is 16.2 Å². The number of nitrogens with zero attached hydrogens (tertiary/aromatic N) is 3. The highest BCUT2D eigenvalue weighted by atomic mass is 16.6. The van der Waals surface area contributed by atoms with E-state index in [-0.39, 0.29) is 18.0 Å². The standard InChI is InChI=1S/C25H27N5O4/c1-13(22(27)31)11-29-12-20-18(9-16(26)10-19(20)23(29)32)15-6-7-21-17(8-15)14(2)28-30(21)24(33)34-25(3,4)5/h6-10H,1,11-12,26H2,2-5H3,(H2,27,31). The molecule has 2 heterocycles. The molecule has 2 aromatic carbocycles. The number of carbonyl (C=O) groups excluding carboxylic acids is 3. The average Bonchev–Trinajstić information content (AvgIpc) is 3.23. The summed E-state index contributed by atoms with van der Waals surface area (Å²) in [6.07, 6.45) is -0.556. The predicted octanol–water partition coefficient (Wildman–Crippen LogP) is 3.37. The largest absolute Gasteiger partial charge is 0.442 e. The average molecular weight is 462 g/mol. The van der Waals surface area contributed by atoms with Crippen LogP contribution in [0.3, 0.4) is 0 Å². The Morgan fingerprint density at radius 1 is 1.18 bits per heavy atom. The number of primary amides is 1. The molecule has 1 aliphatic rings. The van der Waals surface area contributed by atoms with Crippen LogP contribution in [0.2, 0.25) is 0 Å². The lowest BCUT2D eigenvalue weighted by Crippen LogP contribution is -2.30. The normalized spacial score (nSPS) is 13.3. The molecule has 1 aliphatic heterocycles. The Kier molecular flexibility index (Phi) is 5.43. The Labute approximate surface area is 196 Å². The molecule has 0 radical (unpaired) electrons. The molecule has 3 aromatic rings. The van der Waals surface area contributed by atoms with Crippen molar-refractivity contribution in [2.45, 2.75) is 39.8 Å². The molecule has 0 aliphatic carbocycles. The number of aryl methyl sites for hydroxylation is 1. The van der Waals surface area contributed by atoms with Gasteiger partial charge in [0, 0.05) is 28.8 Å². The summed E-state index contributed by atoms with van der Waals surface area (Å²) in [5.41, 5.74) is 15.6. The zero-order valence-electron chi connectivity index (χ0n) is 19.6. The molecule has 0 saturated heterocycles. The fourth-order valence-electron chi connectivity index (χ4n) is 4.06. The molecule has 4 rings (SSSR count).